The van der Waals surface area contributed by atoms with Gasteiger partial charge < -0.3 is 15.0 Å². The van der Waals surface area contributed by atoms with Gasteiger partial charge in [-0.25, -0.2) is 0 Å². The fourth-order valence-electron chi connectivity index (χ4n) is 2.77. The van der Waals surface area contributed by atoms with Gasteiger partial charge in [-0.15, -0.1) is 12.4 Å². The van der Waals surface area contributed by atoms with Crippen LogP contribution in [0.25, 0.3) is 0 Å². The molecule has 124 valence electrons. The summed E-state index contributed by atoms with van der Waals surface area (Å²) in [6.45, 7) is 4.45. The molecule has 0 aliphatic carbocycles. The number of piperidine rings is 1. The van der Waals surface area contributed by atoms with Crippen molar-refractivity contribution in [1.82, 2.24) is 10.2 Å². The lowest BCUT2D eigenvalue weighted by Crippen LogP contribution is -2.47. The molecule has 1 fully saturated rings. The Morgan fingerprint density at radius 3 is 3.00 bits per heavy atom. The van der Waals surface area contributed by atoms with Crippen molar-refractivity contribution < 1.29 is 9.53 Å². The van der Waals surface area contributed by atoms with Crippen molar-refractivity contribution in [3.05, 3.63) is 28.7 Å². The van der Waals surface area contributed by atoms with Gasteiger partial charge in [-0.3, -0.25) is 4.79 Å². The normalized spacial score (nSPS) is 19.2. The maximum atomic E-state index is 12.5. The summed E-state index contributed by atoms with van der Waals surface area (Å²) < 4.78 is 6.72. The van der Waals surface area contributed by atoms with Crippen LogP contribution in [0.5, 0.6) is 5.75 Å². The molecule has 0 saturated carbocycles. The first-order valence-corrected chi connectivity index (χ1v) is 8.25. The molecule has 2 atom stereocenters. The number of carbonyl (C=O) groups excluding carboxylic acids is 1. The first-order valence-electron chi connectivity index (χ1n) is 7.45. The molecule has 0 radical (unpaired) electrons. The predicted molar refractivity (Wildman–Crippen MR) is 94.7 cm³/mol. The topological polar surface area (TPSA) is 41.6 Å². The van der Waals surface area contributed by atoms with E-state index >= 15 is 0 Å². The largest absolute Gasteiger partial charge is 0.481 e. The van der Waals surface area contributed by atoms with Crippen LogP contribution in [0.2, 0.25) is 0 Å². The van der Waals surface area contributed by atoms with Crippen molar-refractivity contribution in [1.29, 1.82) is 0 Å². The number of amides is 1. The van der Waals surface area contributed by atoms with E-state index in [0.717, 1.165) is 30.5 Å². The molecule has 2 rings (SSSR count). The van der Waals surface area contributed by atoms with Crippen LogP contribution in [0.15, 0.2) is 28.7 Å². The summed E-state index contributed by atoms with van der Waals surface area (Å²) in [6, 6.07) is 7.59. The van der Waals surface area contributed by atoms with Crippen molar-refractivity contribution in [3.8, 4) is 5.75 Å². The Kier molecular flexibility index (Phi) is 8.21. The van der Waals surface area contributed by atoms with Crippen molar-refractivity contribution in [2.75, 3.05) is 26.7 Å². The molecule has 4 nitrogen and oxygen atoms in total. The monoisotopic (exact) mass is 390 g/mol. The highest BCUT2D eigenvalue weighted by atomic mass is 79.9. The zero-order valence-corrected chi connectivity index (χ0v) is 15.5. The first-order chi connectivity index (χ1) is 10.1. The lowest BCUT2D eigenvalue weighted by Gasteiger charge is -2.34. The van der Waals surface area contributed by atoms with E-state index in [1.807, 2.05) is 43.1 Å². The summed E-state index contributed by atoms with van der Waals surface area (Å²) in [4.78, 5) is 14.4. The Labute approximate surface area is 147 Å². The van der Waals surface area contributed by atoms with E-state index in [2.05, 4.69) is 21.2 Å². The number of hydrogen-bond acceptors (Lipinski definition) is 3. The Bertz CT molecular complexity index is 485. The summed E-state index contributed by atoms with van der Waals surface area (Å²) in [5.41, 5.74) is 0. The van der Waals surface area contributed by atoms with E-state index in [1.165, 1.54) is 6.42 Å². The second-order valence-electron chi connectivity index (χ2n) is 5.57. The Hall–Kier alpha value is -0.780. The SMILES string of the molecule is CNCC1CCCN(C(=O)C(C)Oc2cccc(Br)c2)C1.Cl. The third-order valence-electron chi connectivity index (χ3n) is 3.78. The fourth-order valence-corrected chi connectivity index (χ4v) is 3.15. The van der Waals surface area contributed by atoms with Gasteiger partial charge in [0.05, 0.1) is 0 Å². The number of likely N-dealkylation sites (tertiary alicyclic amines) is 1. The van der Waals surface area contributed by atoms with E-state index in [4.69, 9.17) is 4.74 Å². The van der Waals surface area contributed by atoms with Crippen molar-refractivity contribution in [2.45, 2.75) is 25.9 Å². The smallest absolute Gasteiger partial charge is 0.263 e. The van der Waals surface area contributed by atoms with Gasteiger partial charge in [-0.05, 0) is 57.5 Å². The van der Waals surface area contributed by atoms with E-state index in [9.17, 15) is 4.79 Å². The maximum absolute atomic E-state index is 12.5. The van der Waals surface area contributed by atoms with E-state index in [-0.39, 0.29) is 18.3 Å². The van der Waals surface area contributed by atoms with Crippen LogP contribution < -0.4 is 10.1 Å². The number of nitrogens with zero attached hydrogens (tertiary/aromatic N) is 1. The Balaban J connectivity index is 0.00000242. The molecule has 1 aromatic carbocycles. The summed E-state index contributed by atoms with van der Waals surface area (Å²) in [5.74, 6) is 1.34. The highest BCUT2D eigenvalue weighted by molar-refractivity contribution is 9.10. The molecule has 1 saturated heterocycles. The van der Waals surface area contributed by atoms with Crippen LogP contribution in [0.1, 0.15) is 19.8 Å². The van der Waals surface area contributed by atoms with Gasteiger partial charge in [-0.2, -0.15) is 0 Å². The third kappa shape index (κ3) is 5.45. The van der Waals surface area contributed by atoms with Gasteiger partial charge >= 0.3 is 0 Å². The molecule has 0 spiro atoms. The van der Waals surface area contributed by atoms with Gasteiger partial charge in [0.15, 0.2) is 6.10 Å². The minimum atomic E-state index is -0.451. The Morgan fingerprint density at radius 1 is 1.55 bits per heavy atom. The molecule has 2 unspecified atom stereocenters. The minimum Gasteiger partial charge on any atom is -0.481 e. The molecule has 22 heavy (non-hydrogen) atoms. The van der Waals surface area contributed by atoms with Crippen LogP contribution in [0, 0.1) is 5.92 Å². The van der Waals surface area contributed by atoms with Gasteiger partial charge in [0.25, 0.3) is 5.91 Å². The van der Waals surface area contributed by atoms with E-state index in [0.29, 0.717) is 11.7 Å². The number of halogens is 2. The summed E-state index contributed by atoms with van der Waals surface area (Å²) in [6.07, 6.45) is 1.81. The molecule has 0 bridgehead atoms. The van der Waals surface area contributed by atoms with E-state index in [1.54, 1.807) is 0 Å². The van der Waals surface area contributed by atoms with Crippen LogP contribution in [-0.2, 0) is 4.79 Å². The lowest BCUT2D eigenvalue weighted by atomic mass is 9.97. The second kappa shape index (κ2) is 9.38. The Morgan fingerprint density at radius 2 is 2.32 bits per heavy atom. The van der Waals surface area contributed by atoms with Crippen molar-refractivity contribution >= 4 is 34.2 Å². The molecule has 1 heterocycles. The molecule has 1 amide bonds. The average Bonchev–Trinajstić information content (AvgIpc) is 2.47. The van der Waals surface area contributed by atoms with Gasteiger partial charge in [0.2, 0.25) is 0 Å². The number of rotatable bonds is 5. The highest BCUT2D eigenvalue weighted by Crippen LogP contribution is 2.21. The number of ether oxygens (including phenoxy) is 1. The van der Waals surface area contributed by atoms with Gasteiger partial charge in [0.1, 0.15) is 5.75 Å². The van der Waals surface area contributed by atoms with Crippen LogP contribution in [-0.4, -0.2) is 43.6 Å². The number of hydrogen-bond donors (Lipinski definition) is 1. The van der Waals surface area contributed by atoms with Gasteiger partial charge in [0, 0.05) is 17.6 Å². The second-order valence-corrected chi connectivity index (χ2v) is 6.48. The lowest BCUT2D eigenvalue weighted by molar-refractivity contribution is -0.139. The zero-order chi connectivity index (χ0) is 15.2. The number of nitrogens with one attached hydrogen (secondary N) is 1. The van der Waals surface area contributed by atoms with Crippen molar-refractivity contribution in [2.24, 2.45) is 5.92 Å². The third-order valence-corrected chi connectivity index (χ3v) is 4.27. The molecule has 1 N–H and O–H groups in total. The molecular formula is C16H24BrClN2O2. The maximum Gasteiger partial charge on any atom is 0.263 e. The van der Waals surface area contributed by atoms with Crippen molar-refractivity contribution in [3.63, 3.8) is 0 Å². The number of carbonyl (C=O) groups is 1. The molecule has 6 heteroatoms. The minimum absolute atomic E-state index is 0. The quantitative estimate of drug-likeness (QED) is 0.838. The fraction of sp³-hybridized carbons (Fsp3) is 0.562. The van der Waals surface area contributed by atoms with Crippen LogP contribution in [0.4, 0.5) is 0 Å². The standard InChI is InChI=1S/C16H23BrN2O2.ClH/c1-12(21-15-7-3-6-14(17)9-15)16(20)19-8-4-5-13(11-19)10-18-2;/h3,6-7,9,12-13,18H,4-5,8,10-11H2,1-2H3;1H. The predicted octanol–water partition coefficient (Wildman–Crippen LogP) is 3.10. The first kappa shape index (κ1) is 19.3. The van der Waals surface area contributed by atoms with E-state index < -0.39 is 6.10 Å². The molecule has 1 aliphatic rings. The molecule has 1 aliphatic heterocycles. The summed E-state index contributed by atoms with van der Waals surface area (Å²) in [7, 11) is 1.96. The molecule has 0 aromatic heterocycles. The van der Waals surface area contributed by atoms with Crippen LogP contribution in [0.3, 0.4) is 0 Å². The van der Waals surface area contributed by atoms with Gasteiger partial charge in [-0.1, -0.05) is 22.0 Å². The average molecular weight is 392 g/mol. The summed E-state index contributed by atoms with van der Waals surface area (Å²) in [5, 5.41) is 3.20. The highest BCUT2D eigenvalue weighted by Gasteiger charge is 2.27. The number of benzene rings is 1. The molecular weight excluding hydrogens is 368 g/mol. The summed E-state index contributed by atoms with van der Waals surface area (Å²) >= 11 is 3.41. The zero-order valence-electron chi connectivity index (χ0n) is 13.0. The van der Waals surface area contributed by atoms with Crippen LogP contribution >= 0.6 is 28.3 Å². The molecule has 1 aromatic rings.